The Labute approximate surface area is 121 Å². The van der Waals surface area contributed by atoms with E-state index in [0.717, 1.165) is 31.2 Å². The van der Waals surface area contributed by atoms with Crippen LogP contribution in [-0.2, 0) is 18.3 Å². The first-order valence-electron chi connectivity index (χ1n) is 7.12. The second-order valence-corrected chi connectivity index (χ2v) is 5.09. The van der Waals surface area contributed by atoms with E-state index in [9.17, 15) is 0 Å². The minimum atomic E-state index is 0.691. The van der Waals surface area contributed by atoms with Crippen molar-refractivity contribution in [3.8, 4) is 0 Å². The minimum absolute atomic E-state index is 0.691. The van der Waals surface area contributed by atoms with Crippen LogP contribution in [0.25, 0.3) is 0 Å². The fraction of sp³-hybridized carbons (Fsp3) is 0.714. The molecular formula is C14H27N5O. The van der Waals surface area contributed by atoms with Gasteiger partial charge in [-0.05, 0) is 18.4 Å². The van der Waals surface area contributed by atoms with Gasteiger partial charge in [0.25, 0.3) is 0 Å². The molecule has 0 unspecified atom stereocenters. The number of aryl methyl sites for hydroxylation is 1. The van der Waals surface area contributed by atoms with Gasteiger partial charge in [-0.3, -0.25) is 9.67 Å². The van der Waals surface area contributed by atoms with Crippen molar-refractivity contribution in [2.45, 2.75) is 26.8 Å². The van der Waals surface area contributed by atoms with E-state index in [1.807, 2.05) is 17.8 Å². The fourth-order valence-electron chi connectivity index (χ4n) is 1.63. The number of guanidine groups is 1. The lowest BCUT2D eigenvalue weighted by molar-refractivity contribution is 0.128. The van der Waals surface area contributed by atoms with Crippen molar-refractivity contribution in [1.29, 1.82) is 0 Å². The van der Waals surface area contributed by atoms with Gasteiger partial charge >= 0.3 is 0 Å². The maximum atomic E-state index is 5.55. The van der Waals surface area contributed by atoms with Gasteiger partial charge in [-0.1, -0.05) is 13.8 Å². The third kappa shape index (κ3) is 6.56. The molecule has 0 aromatic carbocycles. The summed E-state index contributed by atoms with van der Waals surface area (Å²) in [6.45, 7) is 7.37. The molecule has 6 nitrogen and oxygen atoms in total. The van der Waals surface area contributed by atoms with Crippen LogP contribution >= 0.6 is 0 Å². The van der Waals surface area contributed by atoms with E-state index in [0.29, 0.717) is 19.1 Å². The van der Waals surface area contributed by atoms with E-state index in [1.165, 1.54) is 0 Å². The molecule has 0 saturated carbocycles. The molecule has 2 N–H and O–H groups in total. The maximum Gasteiger partial charge on any atom is 0.191 e. The normalized spacial score (nSPS) is 11.9. The molecule has 0 bridgehead atoms. The van der Waals surface area contributed by atoms with Crippen molar-refractivity contribution >= 4 is 5.96 Å². The lowest BCUT2D eigenvalue weighted by Crippen LogP contribution is -2.38. The van der Waals surface area contributed by atoms with Gasteiger partial charge in [0.15, 0.2) is 5.96 Å². The Morgan fingerprint density at radius 3 is 2.80 bits per heavy atom. The number of aromatic nitrogens is 2. The summed E-state index contributed by atoms with van der Waals surface area (Å²) in [6, 6.07) is 1.98. The van der Waals surface area contributed by atoms with E-state index in [4.69, 9.17) is 4.74 Å². The van der Waals surface area contributed by atoms with Gasteiger partial charge in [-0.2, -0.15) is 5.10 Å². The first-order valence-corrected chi connectivity index (χ1v) is 7.12. The smallest absolute Gasteiger partial charge is 0.191 e. The van der Waals surface area contributed by atoms with Gasteiger partial charge in [0.2, 0.25) is 0 Å². The third-order valence-electron chi connectivity index (χ3n) is 2.96. The van der Waals surface area contributed by atoms with E-state index in [1.54, 1.807) is 13.2 Å². The zero-order chi connectivity index (χ0) is 14.8. The molecule has 0 fully saturated rings. The molecule has 0 aliphatic carbocycles. The Kier molecular flexibility index (Phi) is 7.72. The number of rotatable bonds is 8. The summed E-state index contributed by atoms with van der Waals surface area (Å²) in [5.41, 5.74) is 1.11. The Hall–Kier alpha value is -1.56. The molecule has 0 spiro atoms. The lowest BCUT2D eigenvalue weighted by atomic mass is 10.1. The topological polar surface area (TPSA) is 63.5 Å². The minimum Gasteiger partial charge on any atom is -0.380 e. The summed E-state index contributed by atoms with van der Waals surface area (Å²) in [5, 5.41) is 10.6. The zero-order valence-electron chi connectivity index (χ0n) is 13.0. The first-order chi connectivity index (χ1) is 9.63. The average Bonchev–Trinajstić information content (AvgIpc) is 2.82. The summed E-state index contributed by atoms with van der Waals surface area (Å²) in [5.74, 6) is 1.47. The molecule has 114 valence electrons. The summed E-state index contributed by atoms with van der Waals surface area (Å²) in [6.07, 6.45) is 2.89. The number of hydrogen-bond acceptors (Lipinski definition) is 3. The molecule has 1 aromatic rings. The molecule has 1 rings (SSSR count). The molecule has 0 aliphatic rings. The summed E-state index contributed by atoms with van der Waals surface area (Å²) < 4.78 is 7.39. The van der Waals surface area contributed by atoms with Crippen LogP contribution in [-0.4, -0.2) is 42.5 Å². The highest BCUT2D eigenvalue weighted by Crippen LogP contribution is 1.98. The fourth-order valence-corrected chi connectivity index (χ4v) is 1.63. The number of aliphatic imine (C=N–C) groups is 1. The summed E-state index contributed by atoms with van der Waals surface area (Å²) in [4.78, 5) is 4.17. The standard InChI is InChI=1S/C14H27N5O/c1-12(2)6-9-20-10-8-16-14(15-3)17-11-13-5-7-18-19(13)4/h5,7,12H,6,8-11H2,1-4H3,(H2,15,16,17). The highest BCUT2D eigenvalue weighted by molar-refractivity contribution is 5.79. The van der Waals surface area contributed by atoms with Gasteiger partial charge in [0.05, 0.1) is 18.8 Å². The molecule has 1 heterocycles. The van der Waals surface area contributed by atoms with Crippen molar-refractivity contribution in [3.05, 3.63) is 18.0 Å². The van der Waals surface area contributed by atoms with Crippen LogP contribution in [0.1, 0.15) is 26.0 Å². The molecule has 0 radical (unpaired) electrons. The van der Waals surface area contributed by atoms with Crippen molar-refractivity contribution in [2.24, 2.45) is 18.0 Å². The third-order valence-corrected chi connectivity index (χ3v) is 2.96. The van der Waals surface area contributed by atoms with Gasteiger partial charge in [-0.25, -0.2) is 0 Å². The van der Waals surface area contributed by atoms with E-state index >= 15 is 0 Å². The second kappa shape index (κ2) is 9.36. The largest absolute Gasteiger partial charge is 0.380 e. The molecule has 1 aromatic heterocycles. The SMILES string of the molecule is CN=C(NCCOCCC(C)C)NCc1ccnn1C. The highest BCUT2D eigenvalue weighted by atomic mass is 16.5. The molecule has 0 aliphatic heterocycles. The van der Waals surface area contributed by atoms with Crippen molar-refractivity contribution < 1.29 is 4.74 Å². The average molecular weight is 281 g/mol. The molecule has 0 amide bonds. The Bertz CT molecular complexity index is 400. The molecular weight excluding hydrogens is 254 g/mol. The van der Waals surface area contributed by atoms with Gasteiger partial charge < -0.3 is 15.4 Å². The Morgan fingerprint density at radius 1 is 1.40 bits per heavy atom. The molecule has 20 heavy (non-hydrogen) atoms. The van der Waals surface area contributed by atoms with Gasteiger partial charge in [0, 0.05) is 33.4 Å². The second-order valence-electron chi connectivity index (χ2n) is 5.09. The Morgan fingerprint density at radius 2 is 2.20 bits per heavy atom. The number of nitrogens with one attached hydrogen (secondary N) is 2. The van der Waals surface area contributed by atoms with Crippen LogP contribution in [0.5, 0.6) is 0 Å². The zero-order valence-corrected chi connectivity index (χ0v) is 13.0. The van der Waals surface area contributed by atoms with Gasteiger partial charge in [0.1, 0.15) is 0 Å². The van der Waals surface area contributed by atoms with Crippen LogP contribution in [0.15, 0.2) is 17.3 Å². The van der Waals surface area contributed by atoms with Crippen LogP contribution < -0.4 is 10.6 Å². The predicted molar refractivity (Wildman–Crippen MR) is 81.7 cm³/mol. The quantitative estimate of drug-likeness (QED) is 0.426. The van der Waals surface area contributed by atoms with E-state index < -0.39 is 0 Å². The first kappa shape index (κ1) is 16.5. The monoisotopic (exact) mass is 281 g/mol. The van der Waals surface area contributed by atoms with Crippen LogP contribution in [0.4, 0.5) is 0 Å². The highest BCUT2D eigenvalue weighted by Gasteiger charge is 2.01. The number of ether oxygens (including phenoxy) is 1. The molecule has 6 heteroatoms. The van der Waals surface area contributed by atoms with Crippen molar-refractivity contribution in [1.82, 2.24) is 20.4 Å². The van der Waals surface area contributed by atoms with Crippen LogP contribution in [0.3, 0.4) is 0 Å². The number of hydrogen-bond donors (Lipinski definition) is 2. The van der Waals surface area contributed by atoms with Crippen molar-refractivity contribution in [2.75, 3.05) is 26.8 Å². The maximum absolute atomic E-state index is 5.55. The Balaban J connectivity index is 2.13. The van der Waals surface area contributed by atoms with Gasteiger partial charge in [-0.15, -0.1) is 0 Å². The van der Waals surface area contributed by atoms with Crippen LogP contribution in [0, 0.1) is 5.92 Å². The van der Waals surface area contributed by atoms with E-state index in [2.05, 4.69) is 34.6 Å². The summed E-state index contributed by atoms with van der Waals surface area (Å²) >= 11 is 0. The van der Waals surface area contributed by atoms with E-state index in [-0.39, 0.29) is 0 Å². The summed E-state index contributed by atoms with van der Waals surface area (Å²) in [7, 11) is 3.69. The predicted octanol–water partition coefficient (Wildman–Crippen LogP) is 1.15. The van der Waals surface area contributed by atoms with Crippen LogP contribution in [0.2, 0.25) is 0 Å². The van der Waals surface area contributed by atoms with Crippen molar-refractivity contribution in [3.63, 3.8) is 0 Å². The lowest BCUT2D eigenvalue weighted by Gasteiger charge is -2.12. The molecule has 0 atom stereocenters. The number of nitrogens with zero attached hydrogens (tertiary/aromatic N) is 3. The molecule has 0 saturated heterocycles.